The van der Waals surface area contributed by atoms with Crippen LogP contribution in [0, 0.1) is 11.7 Å². The molecule has 1 N–H and O–H groups in total. The van der Waals surface area contributed by atoms with E-state index in [4.69, 9.17) is 9.57 Å². The van der Waals surface area contributed by atoms with Crippen molar-refractivity contribution >= 4 is 0 Å². The molecular formula is C12H10F3NO2. The summed E-state index contributed by atoms with van der Waals surface area (Å²) in [5.41, 5.74) is 1.86. The highest BCUT2D eigenvalue weighted by atomic mass is 19.3. The minimum atomic E-state index is -1.88. The van der Waals surface area contributed by atoms with Gasteiger partial charge < -0.3 is 4.74 Å². The molecule has 3 nitrogen and oxygen atoms in total. The van der Waals surface area contributed by atoms with Crippen molar-refractivity contribution < 1.29 is 22.7 Å². The van der Waals surface area contributed by atoms with E-state index in [9.17, 15) is 13.2 Å². The Morgan fingerprint density at radius 3 is 2.83 bits per heavy atom. The van der Waals surface area contributed by atoms with Crippen LogP contribution in [0.5, 0.6) is 0 Å². The Kier molecular flexibility index (Phi) is 2.57. The maximum Gasteiger partial charge on any atom is 0.308 e. The number of nitrogens with one attached hydrogen (secondary N) is 1. The van der Waals surface area contributed by atoms with E-state index in [-0.39, 0.29) is 18.8 Å². The van der Waals surface area contributed by atoms with Gasteiger partial charge in [-0.05, 0) is 6.07 Å². The van der Waals surface area contributed by atoms with Gasteiger partial charge in [0.25, 0.3) is 0 Å². The van der Waals surface area contributed by atoms with Crippen molar-refractivity contribution in [3.05, 3.63) is 47.5 Å². The van der Waals surface area contributed by atoms with Crippen molar-refractivity contribution in [2.75, 3.05) is 13.2 Å². The molecule has 2 heterocycles. The second kappa shape index (κ2) is 4.00. The molecule has 0 aromatic heterocycles. The van der Waals surface area contributed by atoms with Gasteiger partial charge in [0, 0.05) is 5.56 Å². The third-order valence-electron chi connectivity index (χ3n) is 3.41. The SMILES string of the molecule is FC(F)=C1OC[C@]2(c3ccccc3F)NOC[C@H]12. The van der Waals surface area contributed by atoms with Crippen LogP contribution in [0.3, 0.4) is 0 Å². The van der Waals surface area contributed by atoms with E-state index in [0.717, 1.165) is 0 Å². The predicted octanol–water partition coefficient (Wildman–Crippen LogP) is 2.31. The predicted molar refractivity (Wildman–Crippen MR) is 55.8 cm³/mol. The van der Waals surface area contributed by atoms with E-state index >= 15 is 0 Å². The summed E-state index contributed by atoms with van der Waals surface area (Å²) in [7, 11) is 0. The van der Waals surface area contributed by atoms with E-state index in [2.05, 4.69) is 5.48 Å². The molecule has 2 fully saturated rings. The van der Waals surface area contributed by atoms with Crippen LogP contribution in [0.4, 0.5) is 13.2 Å². The van der Waals surface area contributed by atoms with Gasteiger partial charge in [-0.15, -0.1) is 0 Å². The highest BCUT2D eigenvalue weighted by Crippen LogP contribution is 2.46. The first-order valence-electron chi connectivity index (χ1n) is 5.47. The second-order valence-electron chi connectivity index (χ2n) is 4.33. The summed E-state index contributed by atoms with van der Waals surface area (Å²) in [6, 6.07) is 6.03. The molecule has 0 spiro atoms. The van der Waals surface area contributed by atoms with Gasteiger partial charge in [0.15, 0.2) is 5.76 Å². The van der Waals surface area contributed by atoms with Gasteiger partial charge in [0.2, 0.25) is 0 Å². The molecule has 0 bridgehead atoms. The number of hydrogen-bond donors (Lipinski definition) is 1. The Labute approximate surface area is 101 Å². The first-order valence-corrected chi connectivity index (χ1v) is 5.47. The van der Waals surface area contributed by atoms with Crippen LogP contribution in [-0.2, 0) is 15.1 Å². The van der Waals surface area contributed by atoms with Crippen molar-refractivity contribution in [2.24, 2.45) is 5.92 Å². The fourth-order valence-electron chi connectivity index (χ4n) is 2.52. The number of halogens is 3. The smallest absolute Gasteiger partial charge is 0.308 e. The molecule has 0 unspecified atom stereocenters. The minimum Gasteiger partial charge on any atom is -0.489 e. The fourth-order valence-corrected chi connectivity index (χ4v) is 2.52. The first-order chi connectivity index (χ1) is 8.65. The highest BCUT2D eigenvalue weighted by Gasteiger charge is 2.56. The van der Waals surface area contributed by atoms with Crippen molar-refractivity contribution in [2.45, 2.75) is 5.54 Å². The zero-order valence-electron chi connectivity index (χ0n) is 9.25. The lowest BCUT2D eigenvalue weighted by molar-refractivity contribution is 0.0322. The van der Waals surface area contributed by atoms with Crippen LogP contribution in [0.25, 0.3) is 0 Å². The molecule has 6 heteroatoms. The average molecular weight is 257 g/mol. The molecule has 0 amide bonds. The van der Waals surface area contributed by atoms with Gasteiger partial charge >= 0.3 is 6.08 Å². The van der Waals surface area contributed by atoms with E-state index in [1.165, 1.54) is 6.07 Å². The number of fused-ring (bicyclic) bond motifs is 1. The van der Waals surface area contributed by atoms with Gasteiger partial charge in [0.05, 0.1) is 12.5 Å². The summed E-state index contributed by atoms with van der Waals surface area (Å²) in [6.45, 7) is -0.0493. The van der Waals surface area contributed by atoms with Crippen LogP contribution in [0.2, 0.25) is 0 Å². The third kappa shape index (κ3) is 1.46. The summed E-state index contributed by atoms with van der Waals surface area (Å²) in [4.78, 5) is 5.04. The zero-order valence-corrected chi connectivity index (χ0v) is 9.25. The molecular weight excluding hydrogens is 247 g/mol. The van der Waals surface area contributed by atoms with Crippen molar-refractivity contribution in [1.82, 2.24) is 5.48 Å². The van der Waals surface area contributed by atoms with Gasteiger partial charge in [-0.2, -0.15) is 14.3 Å². The summed E-state index contributed by atoms with van der Waals surface area (Å²) < 4.78 is 44.3. The van der Waals surface area contributed by atoms with Crippen molar-refractivity contribution in [3.63, 3.8) is 0 Å². The van der Waals surface area contributed by atoms with E-state index < -0.39 is 29.1 Å². The Balaban J connectivity index is 2.11. The lowest BCUT2D eigenvalue weighted by atomic mass is 9.81. The lowest BCUT2D eigenvalue weighted by Gasteiger charge is -2.25. The Hall–Kier alpha value is -1.53. The van der Waals surface area contributed by atoms with E-state index in [1.54, 1.807) is 18.2 Å². The summed E-state index contributed by atoms with van der Waals surface area (Å²) in [5, 5.41) is 0. The third-order valence-corrected chi connectivity index (χ3v) is 3.41. The van der Waals surface area contributed by atoms with Gasteiger partial charge in [-0.25, -0.2) is 4.39 Å². The maximum atomic E-state index is 13.8. The summed E-state index contributed by atoms with van der Waals surface area (Å²) >= 11 is 0. The highest BCUT2D eigenvalue weighted by molar-refractivity contribution is 5.33. The number of rotatable bonds is 1. The largest absolute Gasteiger partial charge is 0.489 e. The molecule has 18 heavy (non-hydrogen) atoms. The van der Waals surface area contributed by atoms with Crippen LogP contribution in [0.15, 0.2) is 36.1 Å². The standard InChI is InChI=1S/C12H10F3NO2/c13-9-4-2-1-3-7(9)12-6-17-10(11(14)15)8(12)5-18-16-12/h1-4,8,16H,5-6H2/t8-,12-/m1/s1. The zero-order chi connectivity index (χ0) is 12.8. The van der Waals surface area contributed by atoms with Crippen LogP contribution in [-0.4, -0.2) is 13.2 Å². The van der Waals surface area contributed by atoms with Crippen LogP contribution in [0.1, 0.15) is 5.56 Å². The summed E-state index contributed by atoms with van der Waals surface area (Å²) in [5.74, 6) is -1.59. The number of ether oxygens (including phenoxy) is 1. The molecule has 1 aromatic rings. The molecule has 0 saturated carbocycles. The molecule has 0 radical (unpaired) electrons. The van der Waals surface area contributed by atoms with Gasteiger partial charge in [0.1, 0.15) is 18.0 Å². The first kappa shape index (κ1) is 11.6. The molecule has 0 aliphatic carbocycles. The molecule has 2 saturated heterocycles. The van der Waals surface area contributed by atoms with Crippen LogP contribution < -0.4 is 5.48 Å². The minimum absolute atomic E-state index is 0.0288. The number of hydrogen-bond acceptors (Lipinski definition) is 3. The van der Waals surface area contributed by atoms with Crippen molar-refractivity contribution in [3.8, 4) is 0 Å². The Bertz CT molecular complexity index is 516. The van der Waals surface area contributed by atoms with E-state index in [0.29, 0.717) is 0 Å². The fraction of sp³-hybridized carbons (Fsp3) is 0.333. The average Bonchev–Trinajstić information content (AvgIpc) is 2.87. The molecule has 1 aromatic carbocycles. The quantitative estimate of drug-likeness (QED) is 0.837. The normalized spacial score (nSPS) is 30.2. The van der Waals surface area contributed by atoms with Gasteiger partial charge in [-0.3, -0.25) is 4.84 Å². The molecule has 2 aliphatic heterocycles. The Morgan fingerprint density at radius 1 is 1.33 bits per heavy atom. The van der Waals surface area contributed by atoms with Crippen LogP contribution >= 0.6 is 0 Å². The lowest BCUT2D eigenvalue weighted by Crippen LogP contribution is -2.42. The molecule has 3 rings (SSSR count). The topological polar surface area (TPSA) is 30.5 Å². The van der Waals surface area contributed by atoms with Crippen molar-refractivity contribution in [1.29, 1.82) is 0 Å². The second-order valence-corrected chi connectivity index (χ2v) is 4.33. The monoisotopic (exact) mass is 257 g/mol. The summed E-state index contributed by atoms with van der Waals surface area (Å²) in [6.07, 6.45) is -1.88. The molecule has 2 aliphatic rings. The number of hydroxylamine groups is 1. The number of benzene rings is 1. The Morgan fingerprint density at radius 2 is 2.11 bits per heavy atom. The molecule has 96 valence electrons. The maximum absolute atomic E-state index is 13.8. The van der Waals surface area contributed by atoms with Gasteiger partial charge in [-0.1, -0.05) is 18.2 Å². The molecule has 2 atom stereocenters. The van der Waals surface area contributed by atoms with E-state index in [1.807, 2.05) is 0 Å².